The van der Waals surface area contributed by atoms with E-state index < -0.39 is 17.6 Å². The molecule has 9 heteroatoms. The number of rotatable bonds is 4. The van der Waals surface area contributed by atoms with Crippen molar-refractivity contribution >= 4 is 5.82 Å². The first-order valence-corrected chi connectivity index (χ1v) is 11.6. The normalized spacial score (nSPS) is 31.1. The maximum Gasteiger partial charge on any atom is 0.419 e. The summed E-state index contributed by atoms with van der Waals surface area (Å²) in [5.74, 6) is 1.60. The van der Waals surface area contributed by atoms with Gasteiger partial charge in [0.15, 0.2) is 0 Å². The Morgan fingerprint density at radius 3 is 2.47 bits per heavy atom. The minimum Gasteiger partial charge on any atom is -0.383 e. The van der Waals surface area contributed by atoms with E-state index in [0.29, 0.717) is 34.7 Å². The highest BCUT2D eigenvalue weighted by Crippen LogP contribution is 2.61. The maximum atomic E-state index is 13.4. The Morgan fingerprint density at radius 1 is 1.09 bits per heavy atom. The number of likely N-dealkylation sites (N-methyl/N-ethyl adjacent to an activating group) is 1. The first-order valence-electron chi connectivity index (χ1n) is 11.6. The minimum atomic E-state index is -4.53. The number of pyridine rings is 1. The molecule has 0 aromatic carbocycles. The van der Waals surface area contributed by atoms with Crippen molar-refractivity contribution in [1.29, 1.82) is 0 Å². The van der Waals surface area contributed by atoms with E-state index in [-0.39, 0.29) is 0 Å². The summed E-state index contributed by atoms with van der Waals surface area (Å²) in [7, 11) is 2.18. The van der Waals surface area contributed by atoms with Crippen molar-refractivity contribution in [3.05, 3.63) is 29.8 Å². The lowest BCUT2D eigenvalue weighted by Crippen LogP contribution is -2.58. The lowest BCUT2D eigenvalue weighted by molar-refractivity contribution is -0.137. The highest BCUT2D eigenvalue weighted by Gasteiger charge is 2.60. The van der Waals surface area contributed by atoms with Crippen LogP contribution < -0.4 is 5.73 Å². The standard InChI is InChI=1S/C23H29F3N6/c1-30-4-6-31(7-5-30)22-9-16(10-22)19(11-22)32-13-18(29-21(32)14-2-3-14)15-8-17(23(24,25)26)20(27)28-12-15/h8,12-14,16,19H,2-7,9-11H2,1H3,(H2,27,28). The van der Waals surface area contributed by atoms with Crippen molar-refractivity contribution in [2.24, 2.45) is 5.92 Å². The smallest absolute Gasteiger partial charge is 0.383 e. The van der Waals surface area contributed by atoms with Gasteiger partial charge in [0.05, 0.1) is 11.3 Å². The number of anilines is 1. The molecule has 0 spiro atoms. The summed E-state index contributed by atoms with van der Waals surface area (Å²) in [6, 6.07) is 1.47. The van der Waals surface area contributed by atoms with Crippen molar-refractivity contribution in [2.45, 2.75) is 55.8 Å². The van der Waals surface area contributed by atoms with Crippen LogP contribution in [-0.2, 0) is 6.18 Å². The van der Waals surface area contributed by atoms with Crippen LogP contribution in [0.1, 0.15) is 55.5 Å². The Balaban J connectivity index is 1.30. The van der Waals surface area contributed by atoms with Gasteiger partial charge in [-0.15, -0.1) is 0 Å². The van der Waals surface area contributed by atoms with Gasteiger partial charge in [0.2, 0.25) is 0 Å². The van der Waals surface area contributed by atoms with Gasteiger partial charge in [-0.25, -0.2) is 9.97 Å². The van der Waals surface area contributed by atoms with E-state index in [1.807, 2.05) is 6.20 Å². The molecule has 5 aliphatic rings. The number of nitrogen functional groups attached to an aromatic ring is 1. The SMILES string of the molecule is CN1CCN(C23CC(C2)C(n2cc(-c4cnc(N)c(C(F)(F)F)c4)nc2C2CC2)C3)CC1. The van der Waals surface area contributed by atoms with Gasteiger partial charge in [-0.05, 0) is 51.1 Å². The highest BCUT2D eigenvalue weighted by atomic mass is 19.4. The summed E-state index contributed by atoms with van der Waals surface area (Å²) >= 11 is 0. The molecule has 2 aromatic heterocycles. The molecule has 6 nitrogen and oxygen atoms in total. The van der Waals surface area contributed by atoms with E-state index in [1.54, 1.807) is 0 Å². The fourth-order valence-electron chi connectivity index (χ4n) is 6.20. The summed E-state index contributed by atoms with van der Waals surface area (Å²) in [5, 5.41) is 0. The molecule has 0 radical (unpaired) electrons. The molecule has 2 bridgehead atoms. The van der Waals surface area contributed by atoms with E-state index in [0.717, 1.165) is 57.3 Å². The van der Waals surface area contributed by atoms with Gasteiger partial charge in [-0.2, -0.15) is 13.2 Å². The van der Waals surface area contributed by atoms with E-state index >= 15 is 0 Å². The number of nitrogens with two attached hydrogens (primary N) is 1. The molecular formula is C23H29F3N6. The van der Waals surface area contributed by atoms with E-state index in [1.165, 1.54) is 19.0 Å². The van der Waals surface area contributed by atoms with Crippen LogP contribution in [0.4, 0.5) is 19.0 Å². The Labute approximate surface area is 185 Å². The fraction of sp³-hybridized carbons (Fsp3) is 0.652. The van der Waals surface area contributed by atoms with Crippen molar-refractivity contribution in [2.75, 3.05) is 39.0 Å². The summed E-state index contributed by atoms with van der Waals surface area (Å²) in [6.45, 7) is 4.48. The van der Waals surface area contributed by atoms with Gasteiger partial charge in [0.25, 0.3) is 0 Å². The first-order chi connectivity index (χ1) is 15.2. The predicted molar refractivity (Wildman–Crippen MR) is 115 cm³/mol. The second-order valence-corrected chi connectivity index (χ2v) is 10.3. The van der Waals surface area contributed by atoms with Gasteiger partial charge in [-0.1, -0.05) is 0 Å². The number of imidazole rings is 1. The Bertz CT molecular complexity index is 1030. The molecule has 3 heterocycles. The number of hydrogen-bond donors (Lipinski definition) is 1. The minimum absolute atomic E-state index is 0.300. The zero-order valence-corrected chi connectivity index (χ0v) is 18.3. The molecule has 1 atom stereocenters. The number of nitrogens with zero attached hydrogens (tertiary/aromatic N) is 5. The summed E-state index contributed by atoms with van der Waals surface area (Å²) in [6.07, 6.45) is 4.62. The van der Waals surface area contributed by atoms with E-state index in [4.69, 9.17) is 10.7 Å². The molecule has 32 heavy (non-hydrogen) atoms. The zero-order valence-electron chi connectivity index (χ0n) is 18.3. The first kappa shape index (κ1) is 20.5. The lowest BCUT2D eigenvalue weighted by atomic mass is 9.75. The van der Waals surface area contributed by atoms with Crippen molar-refractivity contribution in [1.82, 2.24) is 24.3 Å². The molecule has 7 rings (SSSR count). The second-order valence-electron chi connectivity index (χ2n) is 10.3. The number of halogens is 3. The third kappa shape index (κ3) is 3.23. The zero-order chi connectivity index (χ0) is 22.3. The van der Waals surface area contributed by atoms with Crippen LogP contribution >= 0.6 is 0 Å². The van der Waals surface area contributed by atoms with Crippen LogP contribution in [-0.4, -0.2) is 63.1 Å². The highest BCUT2D eigenvalue weighted by molar-refractivity contribution is 5.62. The molecule has 2 aromatic rings. The number of aromatic nitrogens is 3. The van der Waals surface area contributed by atoms with Gasteiger partial charge >= 0.3 is 6.18 Å². The number of fused-ring (bicyclic) bond motifs is 1. The monoisotopic (exact) mass is 446 g/mol. The summed E-state index contributed by atoms with van der Waals surface area (Å²) in [4.78, 5) is 13.7. The number of piperazine rings is 1. The van der Waals surface area contributed by atoms with Crippen LogP contribution in [0.5, 0.6) is 0 Å². The molecule has 1 aliphatic heterocycles. The maximum absolute atomic E-state index is 13.4. The Hall–Kier alpha value is -2.13. The van der Waals surface area contributed by atoms with E-state index in [9.17, 15) is 13.2 Å². The summed E-state index contributed by atoms with van der Waals surface area (Å²) in [5.41, 5.74) is 5.86. The Kier molecular flexibility index (Phi) is 4.44. The topological polar surface area (TPSA) is 63.2 Å². The summed E-state index contributed by atoms with van der Waals surface area (Å²) < 4.78 is 42.4. The Morgan fingerprint density at radius 2 is 1.81 bits per heavy atom. The lowest BCUT2D eigenvalue weighted by Gasteiger charge is -2.50. The third-order valence-corrected chi connectivity index (χ3v) is 8.17. The van der Waals surface area contributed by atoms with Crippen LogP contribution in [0.25, 0.3) is 11.3 Å². The quantitative estimate of drug-likeness (QED) is 0.775. The second kappa shape index (κ2) is 6.93. The van der Waals surface area contributed by atoms with Crippen molar-refractivity contribution < 1.29 is 13.2 Å². The van der Waals surface area contributed by atoms with Gasteiger partial charge in [-0.3, -0.25) is 4.90 Å². The van der Waals surface area contributed by atoms with Crippen LogP contribution in [0, 0.1) is 5.92 Å². The van der Waals surface area contributed by atoms with Crippen molar-refractivity contribution in [3.63, 3.8) is 0 Å². The molecule has 172 valence electrons. The van der Waals surface area contributed by atoms with Crippen LogP contribution in [0.3, 0.4) is 0 Å². The molecule has 4 aliphatic carbocycles. The molecule has 1 saturated heterocycles. The average molecular weight is 447 g/mol. The molecule has 5 fully saturated rings. The fourth-order valence-corrected chi connectivity index (χ4v) is 6.20. The van der Waals surface area contributed by atoms with Crippen LogP contribution in [0.2, 0.25) is 0 Å². The van der Waals surface area contributed by atoms with E-state index in [2.05, 4.69) is 26.4 Å². The molecular weight excluding hydrogens is 417 g/mol. The number of alkyl halides is 3. The van der Waals surface area contributed by atoms with Gasteiger partial charge in [0, 0.05) is 61.6 Å². The third-order valence-electron chi connectivity index (χ3n) is 8.17. The predicted octanol–water partition coefficient (Wildman–Crippen LogP) is 3.76. The molecule has 1 unspecified atom stereocenters. The van der Waals surface area contributed by atoms with Crippen LogP contribution in [0.15, 0.2) is 18.5 Å². The largest absolute Gasteiger partial charge is 0.419 e. The van der Waals surface area contributed by atoms with Crippen molar-refractivity contribution in [3.8, 4) is 11.3 Å². The molecule has 0 amide bonds. The molecule has 4 saturated carbocycles. The van der Waals surface area contributed by atoms with Gasteiger partial charge < -0.3 is 15.2 Å². The number of hydrogen-bond acceptors (Lipinski definition) is 5. The average Bonchev–Trinajstić information content (AvgIpc) is 3.20. The van der Waals surface area contributed by atoms with Gasteiger partial charge in [0.1, 0.15) is 11.6 Å². The molecule has 2 N–H and O–H groups in total.